The van der Waals surface area contributed by atoms with Gasteiger partial charge in [-0.15, -0.1) is 0 Å². The number of halogens is 3. The van der Waals surface area contributed by atoms with E-state index in [2.05, 4.69) is 0 Å². The maximum Gasteiger partial charge on any atom is 0.389 e. The summed E-state index contributed by atoms with van der Waals surface area (Å²) in [5, 5.41) is 0. The lowest BCUT2D eigenvalue weighted by Gasteiger charge is -2.22. The first-order valence-corrected chi connectivity index (χ1v) is 5.30. The molecule has 0 radical (unpaired) electrons. The molecule has 2 N–H and O–H groups in total. The molecule has 1 saturated heterocycles. The molecule has 1 amide bonds. The molecule has 0 aromatic carbocycles. The van der Waals surface area contributed by atoms with Crippen LogP contribution in [0.4, 0.5) is 13.2 Å². The maximum absolute atomic E-state index is 11.9. The van der Waals surface area contributed by atoms with Gasteiger partial charge in [0, 0.05) is 19.5 Å². The van der Waals surface area contributed by atoms with Gasteiger partial charge in [-0.3, -0.25) is 4.79 Å². The summed E-state index contributed by atoms with van der Waals surface area (Å²) < 4.78 is 35.8. The van der Waals surface area contributed by atoms with Gasteiger partial charge in [0.2, 0.25) is 5.91 Å². The van der Waals surface area contributed by atoms with E-state index in [1.807, 2.05) is 6.92 Å². The van der Waals surface area contributed by atoms with Crippen molar-refractivity contribution in [3.63, 3.8) is 0 Å². The first-order valence-electron chi connectivity index (χ1n) is 5.30. The van der Waals surface area contributed by atoms with Gasteiger partial charge in [0.05, 0.1) is 6.42 Å². The molecule has 1 heterocycles. The second-order valence-corrected chi connectivity index (χ2v) is 4.70. The number of carbonyl (C=O) groups excluding carboxylic acids is 1. The number of hydrogen-bond donors (Lipinski definition) is 1. The molecule has 6 heteroatoms. The molecule has 16 heavy (non-hydrogen) atoms. The van der Waals surface area contributed by atoms with Gasteiger partial charge in [-0.2, -0.15) is 13.2 Å². The third kappa shape index (κ3) is 3.66. The monoisotopic (exact) mass is 238 g/mol. The summed E-state index contributed by atoms with van der Waals surface area (Å²) in [4.78, 5) is 13.0. The number of carbonyl (C=O) groups is 1. The fourth-order valence-electron chi connectivity index (χ4n) is 1.81. The molecule has 0 aliphatic carbocycles. The van der Waals surface area contributed by atoms with Crippen LogP contribution in [-0.2, 0) is 4.79 Å². The maximum atomic E-state index is 11.9. The average molecular weight is 238 g/mol. The Kier molecular flexibility index (Phi) is 3.83. The van der Waals surface area contributed by atoms with Crippen LogP contribution in [0.5, 0.6) is 0 Å². The third-order valence-electron chi connectivity index (χ3n) is 3.03. The van der Waals surface area contributed by atoms with Gasteiger partial charge in [0.15, 0.2) is 0 Å². The van der Waals surface area contributed by atoms with E-state index in [0.717, 1.165) is 6.42 Å². The highest BCUT2D eigenvalue weighted by Gasteiger charge is 2.36. The van der Waals surface area contributed by atoms with Crippen molar-refractivity contribution in [2.75, 3.05) is 19.6 Å². The van der Waals surface area contributed by atoms with Gasteiger partial charge < -0.3 is 10.6 Å². The molecule has 0 bridgehead atoms. The smallest absolute Gasteiger partial charge is 0.342 e. The zero-order valence-electron chi connectivity index (χ0n) is 9.31. The van der Waals surface area contributed by atoms with Gasteiger partial charge in [0.1, 0.15) is 0 Å². The summed E-state index contributed by atoms with van der Waals surface area (Å²) in [5.41, 5.74) is 5.42. The lowest BCUT2D eigenvalue weighted by Crippen LogP contribution is -2.34. The number of nitrogens with zero attached hydrogens (tertiary/aromatic N) is 1. The standard InChI is InChI=1S/C10H17F3N2O/c1-9(6-14)4-5-15(7-9)8(16)2-3-10(11,12)13/h2-7,14H2,1H3. The van der Waals surface area contributed by atoms with Gasteiger partial charge >= 0.3 is 6.18 Å². The molecular formula is C10H17F3N2O. The zero-order valence-corrected chi connectivity index (χ0v) is 9.31. The topological polar surface area (TPSA) is 46.3 Å². The van der Waals surface area contributed by atoms with E-state index >= 15 is 0 Å². The highest BCUT2D eigenvalue weighted by atomic mass is 19.4. The summed E-state index contributed by atoms with van der Waals surface area (Å²) >= 11 is 0. The largest absolute Gasteiger partial charge is 0.389 e. The highest BCUT2D eigenvalue weighted by molar-refractivity contribution is 5.76. The van der Waals surface area contributed by atoms with Crippen molar-refractivity contribution >= 4 is 5.91 Å². The number of nitrogens with two attached hydrogens (primary N) is 1. The predicted octanol–water partition coefficient (Wildman–Crippen LogP) is 1.53. The molecule has 1 atom stereocenters. The van der Waals surface area contributed by atoms with Crippen LogP contribution in [0.25, 0.3) is 0 Å². The Balaban J connectivity index is 2.40. The van der Waals surface area contributed by atoms with E-state index in [0.29, 0.717) is 19.6 Å². The Morgan fingerprint density at radius 2 is 2.12 bits per heavy atom. The molecule has 1 unspecified atom stereocenters. The highest BCUT2D eigenvalue weighted by Crippen LogP contribution is 2.30. The van der Waals surface area contributed by atoms with E-state index in [-0.39, 0.29) is 5.41 Å². The minimum absolute atomic E-state index is 0.131. The summed E-state index contributed by atoms with van der Waals surface area (Å²) in [7, 11) is 0. The van der Waals surface area contributed by atoms with Gasteiger partial charge in [-0.25, -0.2) is 0 Å². The van der Waals surface area contributed by atoms with Crippen molar-refractivity contribution in [3.8, 4) is 0 Å². The van der Waals surface area contributed by atoms with Crippen LogP contribution >= 0.6 is 0 Å². The Labute approximate surface area is 92.8 Å². The number of likely N-dealkylation sites (tertiary alicyclic amines) is 1. The summed E-state index contributed by atoms with van der Waals surface area (Å²) in [6.45, 7) is 3.39. The van der Waals surface area contributed by atoms with Crippen LogP contribution in [0.3, 0.4) is 0 Å². The predicted molar refractivity (Wildman–Crippen MR) is 53.6 cm³/mol. The van der Waals surface area contributed by atoms with Crippen LogP contribution in [0.1, 0.15) is 26.2 Å². The summed E-state index contributed by atoms with van der Waals surface area (Å²) in [5.74, 6) is -0.422. The Hall–Kier alpha value is -0.780. The van der Waals surface area contributed by atoms with E-state index in [1.165, 1.54) is 4.90 Å². The lowest BCUT2D eigenvalue weighted by molar-refractivity contribution is -0.148. The van der Waals surface area contributed by atoms with Gasteiger partial charge in [-0.1, -0.05) is 6.92 Å². The van der Waals surface area contributed by atoms with Gasteiger partial charge in [0.25, 0.3) is 0 Å². The molecule has 0 aromatic heterocycles. The Morgan fingerprint density at radius 3 is 2.56 bits per heavy atom. The minimum atomic E-state index is -4.26. The number of rotatable bonds is 3. The molecule has 1 aliphatic heterocycles. The van der Waals surface area contributed by atoms with E-state index in [1.54, 1.807) is 0 Å². The molecule has 94 valence electrons. The van der Waals surface area contributed by atoms with Crippen molar-refractivity contribution < 1.29 is 18.0 Å². The first-order chi connectivity index (χ1) is 7.26. The van der Waals surface area contributed by atoms with Crippen molar-refractivity contribution in [1.82, 2.24) is 4.90 Å². The summed E-state index contributed by atoms with van der Waals surface area (Å²) in [6, 6.07) is 0. The summed E-state index contributed by atoms with van der Waals surface area (Å²) in [6.07, 6.45) is -4.99. The normalized spacial score (nSPS) is 26.2. The lowest BCUT2D eigenvalue weighted by atomic mass is 9.90. The molecule has 1 aliphatic rings. The molecule has 0 saturated carbocycles. The number of hydrogen-bond acceptors (Lipinski definition) is 2. The quantitative estimate of drug-likeness (QED) is 0.810. The average Bonchev–Trinajstić information content (AvgIpc) is 2.57. The molecule has 3 nitrogen and oxygen atoms in total. The number of alkyl halides is 3. The molecule has 0 spiro atoms. The fraction of sp³-hybridized carbons (Fsp3) is 0.900. The van der Waals surface area contributed by atoms with E-state index < -0.39 is 24.9 Å². The Morgan fingerprint density at radius 1 is 1.50 bits per heavy atom. The second kappa shape index (κ2) is 4.61. The van der Waals surface area contributed by atoms with E-state index in [9.17, 15) is 18.0 Å². The Bertz CT molecular complexity index is 267. The van der Waals surface area contributed by atoms with Crippen molar-refractivity contribution in [2.24, 2.45) is 11.1 Å². The third-order valence-corrected chi connectivity index (χ3v) is 3.03. The van der Waals surface area contributed by atoms with Crippen molar-refractivity contribution in [1.29, 1.82) is 0 Å². The molecular weight excluding hydrogens is 221 g/mol. The van der Waals surface area contributed by atoms with Crippen LogP contribution in [-0.4, -0.2) is 36.6 Å². The number of amides is 1. The second-order valence-electron chi connectivity index (χ2n) is 4.70. The van der Waals surface area contributed by atoms with Crippen molar-refractivity contribution in [3.05, 3.63) is 0 Å². The first kappa shape index (κ1) is 13.3. The molecule has 1 rings (SSSR count). The van der Waals surface area contributed by atoms with Crippen LogP contribution in [0, 0.1) is 5.41 Å². The van der Waals surface area contributed by atoms with Crippen LogP contribution in [0.15, 0.2) is 0 Å². The minimum Gasteiger partial charge on any atom is -0.342 e. The van der Waals surface area contributed by atoms with Crippen LogP contribution < -0.4 is 5.73 Å². The fourth-order valence-corrected chi connectivity index (χ4v) is 1.81. The van der Waals surface area contributed by atoms with Crippen LogP contribution in [0.2, 0.25) is 0 Å². The molecule has 1 fully saturated rings. The van der Waals surface area contributed by atoms with Gasteiger partial charge in [-0.05, 0) is 18.4 Å². The zero-order chi connectivity index (χ0) is 12.4. The van der Waals surface area contributed by atoms with E-state index in [4.69, 9.17) is 5.73 Å². The van der Waals surface area contributed by atoms with Crippen molar-refractivity contribution in [2.45, 2.75) is 32.4 Å². The molecule has 0 aromatic rings. The SMILES string of the molecule is CC1(CN)CCN(C(=O)CCC(F)(F)F)C1.